The fourth-order valence-electron chi connectivity index (χ4n) is 5.77. The van der Waals surface area contributed by atoms with Crippen LogP contribution < -0.4 is 4.90 Å². The molecule has 1 aliphatic carbocycles. The van der Waals surface area contributed by atoms with Gasteiger partial charge in [-0.05, 0) is 60.4 Å². The highest BCUT2D eigenvalue weighted by atomic mass is 16.2. The van der Waals surface area contributed by atoms with Crippen LogP contribution in [0.1, 0.15) is 70.7 Å². The number of rotatable bonds is 7. The predicted molar refractivity (Wildman–Crippen MR) is 144 cm³/mol. The second kappa shape index (κ2) is 9.61. The highest BCUT2D eigenvalue weighted by molar-refractivity contribution is 6.00. The molecule has 2 heterocycles. The van der Waals surface area contributed by atoms with E-state index in [0.29, 0.717) is 6.42 Å². The zero-order chi connectivity index (χ0) is 25.4. The normalized spacial score (nSPS) is 17.8. The molecule has 5 nitrogen and oxygen atoms in total. The summed E-state index contributed by atoms with van der Waals surface area (Å²) in [6.07, 6.45) is 5.49. The van der Waals surface area contributed by atoms with Gasteiger partial charge in [0.2, 0.25) is 11.8 Å². The Balaban J connectivity index is 1.46. The molecule has 5 heteroatoms. The zero-order valence-corrected chi connectivity index (χ0v) is 21.9. The summed E-state index contributed by atoms with van der Waals surface area (Å²) in [5.41, 5.74) is 4.15. The number of nitrogens with zero attached hydrogens (tertiary/aromatic N) is 3. The summed E-state index contributed by atoms with van der Waals surface area (Å²) in [6.45, 7) is 8.90. The van der Waals surface area contributed by atoms with Crippen molar-refractivity contribution in [1.82, 2.24) is 9.47 Å². The molecule has 1 fully saturated rings. The number of hydrogen-bond donors (Lipinski definition) is 0. The first-order valence-corrected chi connectivity index (χ1v) is 13.2. The van der Waals surface area contributed by atoms with Gasteiger partial charge in [0.1, 0.15) is 12.6 Å². The van der Waals surface area contributed by atoms with Crippen LogP contribution in [0.5, 0.6) is 0 Å². The molecule has 0 saturated heterocycles. The molecule has 2 unspecified atom stereocenters. The lowest BCUT2D eigenvalue weighted by atomic mass is 9.84. The third-order valence-electron chi connectivity index (χ3n) is 7.20. The van der Waals surface area contributed by atoms with Gasteiger partial charge in [0.05, 0.1) is 17.1 Å². The third-order valence-corrected chi connectivity index (χ3v) is 7.20. The van der Waals surface area contributed by atoms with Crippen LogP contribution in [0.4, 0.5) is 5.69 Å². The Morgan fingerprint density at radius 3 is 2.28 bits per heavy atom. The van der Waals surface area contributed by atoms with Crippen LogP contribution in [0.15, 0.2) is 72.9 Å². The molecule has 188 valence electrons. The molecular weight excluding hydrogens is 446 g/mol. The summed E-state index contributed by atoms with van der Waals surface area (Å²) in [7, 11) is 0. The molecule has 5 rings (SSSR count). The van der Waals surface area contributed by atoms with Crippen LogP contribution in [-0.2, 0) is 9.59 Å². The number of carbonyl (C=O) groups excluding carboxylic acids is 2. The van der Waals surface area contributed by atoms with Crippen molar-refractivity contribution in [2.45, 2.75) is 65.5 Å². The van der Waals surface area contributed by atoms with Crippen LogP contribution in [-0.4, -0.2) is 33.9 Å². The zero-order valence-electron chi connectivity index (χ0n) is 21.9. The van der Waals surface area contributed by atoms with E-state index in [1.807, 2.05) is 52.3 Å². The number of carbonyl (C=O) groups is 2. The van der Waals surface area contributed by atoms with E-state index >= 15 is 0 Å². The Kier molecular flexibility index (Phi) is 6.50. The lowest BCUT2D eigenvalue weighted by Gasteiger charge is -2.39. The van der Waals surface area contributed by atoms with E-state index in [9.17, 15) is 9.59 Å². The molecule has 2 aliphatic rings. The second-order valence-electron chi connectivity index (χ2n) is 11.7. The molecule has 36 heavy (non-hydrogen) atoms. The van der Waals surface area contributed by atoms with E-state index in [1.165, 1.54) is 0 Å². The van der Waals surface area contributed by atoms with Crippen LogP contribution >= 0.6 is 0 Å². The first-order chi connectivity index (χ1) is 17.2. The van der Waals surface area contributed by atoms with Crippen molar-refractivity contribution < 1.29 is 9.59 Å². The Labute approximate surface area is 214 Å². The van der Waals surface area contributed by atoms with Crippen molar-refractivity contribution >= 4 is 17.5 Å². The Bertz CT molecular complexity index is 1240. The number of fused-ring (bicyclic) bond motifs is 3. The lowest BCUT2D eigenvalue weighted by molar-refractivity contribution is -0.136. The van der Waals surface area contributed by atoms with Gasteiger partial charge < -0.3 is 9.47 Å². The van der Waals surface area contributed by atoms with Crippen LogP contribution in [0.25, 0.3) is 5.69 Å². The summed E-state index contributed by atoms with van der Waals surface area (Å²) >= 11 is 0. The summed E-state index contributed by atoms with van der Waals surface area (Å²) in [6, 6.07) is 22.3. The van der Waals surface area contributed by atoms with Crippen molar-refractivity contribution in [3.8, 4) is 5.69 Å². The molecule has 1 aromatic heterocycles. The maximum Gasteiger partial charge on any atom is 0.247 e. The van der Waals surface area contributed by atoms with E-state index in [4.69, 9.17) is 0 Å². The smallest absolute Gasteiger partial charge is 0.247 e. The molecule has 1 aliphatic heterocycles. The van der Waals surface area contributed by atoms with Gasteiger partial charge in [0, 0.05) is 18.7 Å². The molecule has 0 bridgehead atoms. The number of anilines is 1. The molecule has 2 amide bonds. The van der Waals surface area contributed by atoms with Crippen molar-refractivity contribution in [2.75, 3.05) is 11.4 Å². The van der Waals surface area contributed by atoms with Gasteiger partial charge in [0.25, 0.3) is 0 Å². The number of para-hydroxylation sites is 2. The molecule has 0 spiro atoms. The number of hydrogen-bond acceptors (Lipinski definition) is 2. The van der Waals surface area contributed by atoms with E-state index in [1.54, 1.807) is 0 Å². The van der Waals surface area contributed by atoms with E-state index < -0.39 is 0 Å². The summed E-state index contributed by atoms with van der Waals surface area (Å²) < 4.78 is 2.18. The molecule has 1 saturated carbocycles. The number of benzene rings is 2. The monoisotopic (exact) mass is 483 g/mol. The molecular formula is C31H37N3O2. The average Bonchev–Trinajstić information content (AvgIpc) is 3.55. The van der Waals surface area contributed by atoms with Gasteiger partial charge in [-0.15, -0.1) is 0 Å². The minimum Gasteiger partial charge on any atom is -0.330 e. The van der Waals surface area contributed by atoms with Gasteiger partial charge in [-0.3, -0.25) is 14.5 Å². The molecule has 3 aromatic rings. The van der Waals surface area contributed by atoms with Gasteiger partial charge in [-0.25, -0.2) is 0 Å². The first kappa shape index (κ1) is 24.4. The maximum absolute atomic E-state index is 14.2. The fraction of sp³-hybridized carbons (Fsp3) is 0.419. The van der Waals surface area contributed by atoms with Gasteiger partial charge in [-0.2, -0.15) is 0 Å². The fourth-order valence-corrected chi connectivity index (χ4v) is 5.77. The second-order valence-corrected chi connectivity index (χ2v) is 11.7. The molecule has 2 atom stereocenters. The first-order valence-electron chi connectivity index (χ1n) is 13.2. The van der Waals surface area contributed by atoms with Crippen LogP contribution in [0.3, 0.4) is 0 Å². The quantitative estimate of drug-likeness (QED) is 0.392. The highest BCUT2D eigenvalue weighted by Crippen LogP contribution is 2.42. The van der Waals surface area contributed by atoms with Crippen molar-refractivity contribution in [1.29, 1.82) is 0 Å². The lowest BCUT2D eigenvalue weighted by Crippen LogP contribution is -2.47. The largest absolute Gasteiger partial charge is 0.330 e. The minimum atomic E-state index is -0.250. The van der Waals surface area contributed by atoms with Crippen LogP contribution in [0.2, 0.25) is 0 Å². The highest BCUT2D eigenvalue weighted by Gasteiger charge is 2.40. The average molecular weight is 484 g/mol. The third kappa shape index (κ3) is 4.97. The molecule has 0 radical (unpaired) electrons. The Morgan fingerprint density at radius 2 is 1.61 bits per heavy atom. The predicted octanol–water partition coefficient (Wildman–Crippen LogP) is 6.37. The van der Waals surface area contributed by atoms with Gasteiger partial charge >= 0.3 is 0 Å². The van der Waals surface area contributed by atoms with Crippen molar-refractivity contribution in [2.24, 2.45) is 11.3 Å². The minimum absolute atomic E-state index is 0.0347. The summed E-state index contributed by atoms with van der Waals surface area (Å²) in [5.74, 6) is 0.352. The summed E-state index contributed by atoms with van der Waals surface area (Å²) in [5, 5.41) is 0. The van der Waals surface area contributed by atoms with E-state index in [0.717, 1.165) is 41.9 Å². The molecule has 0 N–H and O–H groups in total. The van der Waals surface area contributed by atoms with E-state index in [2.05, 4.69) is 62.7 Å². The molecule has 2 aromatic carbocycles. The standard InChI is InChI=1S/C31H37N3O2/c1-22(20-31(2,3)4)19-28(35)33(24-16-17-24)21-29(36)34-26-14-9-8-13-25(26)32-18-10-15-27(32)30(34)23-11-6-5-7-12-23/h5-15,18,22,24,30H,16-17,19-21H2,1-4H3. The van der Waals surface area contributed by atoms with Crippen molar-refractivity contribution in [3.63, 3.8) is 0 Å². The summed E-state index contributed by atoms with van der Waals surface area (Å²) in [4.78, 5) is 31.4. The maximum atomic E-state index is 14.2. The van der Waals surface area contributed by atoms with Crippen LogP contribution in [0, 0.1) is 11.3 Å². The number of amides is 2. The van der Waals surface area contributed by atoms with E-state index in [-0.39, 0.29) is 41.8 Å². The SMILES string of the molecule is CC(CC(=O)N(CC(=O)N1c2ccccc2-n2cccc2C1c1ccccc1)C1CC1)CC(C)(C)C. The Morgan fingerprint density at radius 1 is 0.944 bits per heavy atom. The topological polar surface area (TPSA) is 45.6 Å². The van der Waals surface area contributed by atoms with Gasteiger partial charge in [0.15, 0.2) is 0 Å². The number of aromatic nitrogens is 1. The Hall–Kier alpha value is -3.34. The van der Waals surface area contributed by atoms with Crippen molar-refractivity contribution in [3.05, 3.63) is 84.2 Å². The van der Waals surface area contributed by atoms with Gasteiger partial charge in [-0.1, -0.05) is 70.2 Å².